The van der Waals surface area contributed by atoms with E-state index < -0.39 is 27.8 Å². The van der Waals surface area contributed by atoms with Crippen LogP contribution in [-0.2, 0) is 24.2 Å². The standard InChI is InChI=1S/C19H23NO7S/c1-13(19(22)20(2)15-7-10-28(23,24)12-15)27-18(21)6-4-14-3-5-16-17(11-14)26-9-8-25-16/h3-6,11,13,15H,7-10,12H2,1-2H3/b6-4+/t13-,15-/m0/s1. The smallest absolute Gasteiger partial charge is 0.331 e. The number of likely N-dealkylation sites (N-methyl/N-ethyl adjacent to an activating group) is 1. The summed E-state index contributed by atoms with van der Waals surface area (Å²) in [5.74, 6) is 0.189. The molecule has 152 valence electrons. The number of carbonyl (C=O) groups excluding carboxylic acids is 2. The summed E-state index contributed by atoms with van der Waals surface area (Å²) >= 11 is 0. The second-order valence-electron chi connectivity index (χ2n) is 6.82. The molecule has 0 unspecified atom stereocenters. The van der Waals surface area contributed by atoms with E-state index in [1.807, 2.05) is 0 Å². The van der Waals surface area contributed by atoms with Gasteiger partial charge in [0.1, 0.15) is 13.2 Å². The largest absolute Gasteiger partial charge is 0.486 e. The molecule has 2 atom stereocenters. The number of ether oxygens (including phenoxy) is 3. The Morgan fingerprint density at radius 3 is 2.64 bits per heavy atom. The van der Waals surface area contributed by atoms with Gasteiger partial charge in [0.25, 0.3) is 5.91 Å². The first-order chi connectivity index (χ1) is 13.2. The van der Waals surface area contributed by atoms with Gasteiger partial charge in [-0.3, -0.25) is 4.79 Å². The highest BCUT2D eigenvalue weighted by molar-refractivity contribution is 7.91. The lowest BCUT2D eigenvalue weighted by Gasteiger charge is -2.26. The third kappa shape index (κ3) is 4.83. The van der Waals surface area contributed by atoms with Crippen LogP contribution in [0.2, 0.25) is 0 Å². The van der Waals surface area contributed by atoms with Crippen molar-refractivity contribution in [2.24, 2.45) is 0 Å². The number of carbonyl (C=O) groups is 2. The Labute approximate surface area is 164 Å². The van der Waals surface area contributed by atoms with Gasteiger partial charge in [0.15, 0.2) is 27.4 Å². The summed E-state index contributed by atoms with van der Waals surface area (Å²) in [5.41, 5.74) is 0.730. The molecule has 28 heavy (non-hydrogen) atoms. The Kier molecular flexibility index (Phi) is 5.93. The fourth-order valence-corrected chi connectivity index (χ4v) is 4.91. The van der Waals surface area contributed by atoms with Gasteiger partial charge in [0.05, 0.1) is 11.5 Å². The summed E-state index contributed by atoms with van der Waals surface area (Å²) < 4.78 is 39.2. The predicted molar refractivity (Wildman–Crippen MR) is 102 cm³/mol. The molecule has 0 N–H and O–H groups in total. The Balaban J connectivity index is 1.55. The van der Waals surface area contributed by atoms with Gasteiger partial charge in [-0.15, -0.1) is 0 Å². The Morgan fingerprint density at radius 1 is 1.25 bits per heavy atom. The first kappa shape index (κ1) is 20.2. The monoisotopic (exact) mass is 409 g/mol. The number of hydrogen-bond donors (Lipinski definition) is 0. The van der Waals surface area contributed by atoms with Crippen molar-refractivity contribution < 1.29 is 32.2 Å². The fraction of sp³-hybridized carbons (Fsp3) is 0.474. The van der Waals surface area contributed by atoms with Crippen LogP contribution in [0.1, 0.15) is 18.9 Å². The molecule has 1 aromatic rings. The first-order valence-corrected chi connectivity index (χ1v) is 10.8. The van der Waals surface area contributed by atoms with E-state index in [1.54, 1.807) is 24.3 Å². The number of esters is 1. The molecule has 0 bridgehead atoms. The minimum atomic E-state index is -3.10. The highest BCUT2D eigenvalue weighted by Gasteiger charge is 2.34. The number of benzene rings is 1. The first-order valence-electron chi connectivity index (χ1n) is 9.00. The van der Waals surface area contributed by atoms with Gasteiger partial charge >= 0.3 is 5.97 Å². The lowest BCUT2D eigenvalue weighted by Crippen LogP contribution is -2.44. The second-order valence-corrected chi connectivity index (χ2v) is 9.05. The van der Waals surface area contributed by atoms with Gasteiger partial charge in [-0.2, -0.15) is 0 Å². The van der Waals surface area contributed by atoms with E-state index >= 15 is 0 Å². The molecule has 2 heterocycles. The van der Waals surface area contributed by atoms with Gasteiger partial charge in [-0.1, -0.05) is 6.07 Å². The number of amides is 1. The van der Waals surface area contributed by atoms with Gasteiger partial charge in [-0.25, -0.2) is 13.2 Å². The van der Waals surface area contributed by atoms with E-state index in [4.69, 9.17) is 14.2 Å². The second kappa shape index (κ2) is 8.22. The van der Waals surface area contributed by atoms with Crippen LogP contribution in [0, 0.1) is 0 Å². The zero-order valence-corrected chi connectivity index (χ0v) is 16.6. The molecule has 8 nitrogen and oxygen atoms in total. The average Bonchev–Trinajstić information content (AvgIpc) is 3.04. The molecule has 1 aromatic carbocycles. The summed E-state index contributed by atoms with van der Waals surface area (Å²) in [4.78, 5) is 25.8. The van der Waals surface area contributed by atoms with Crippen LogP contribution in [0.25, 0.3) is 6.08 Å². The van der Waals surface area contributed by atoms with Crippen LogP contribution in [-0.4, -0.2) is 69.1 Å². The van der Waals surface area contributed by atoms with Gasteiger partial charge < -0.3 is 19.1 Å². The highest BCUT2D eigenvalue weighted by atomic mass is 32.2. The van der Waals surface area contributed by atoms with E-state index in [-0.39, 0.29) is 17.5 Å². The lowest BCUT2D eigenvalue weighted by atomic mass is 10.2. The third-order valence-electron chi connectivity index (χ3n) is 4.72. The van der Waals surface area contributed by atoms with Gasteiger partial charge in [-0.05, 0) is 37.1 Å². The fourth-order valence-electron chi connectivity index (χ4n) is 3.14. The summed E-state index contributed by atoms with van der Waals surface area (Å²) in [6.45, 7) is 2.44. The van der Waals surface area contributed by atoms with Crippen molar-refractivity contribution in [1.29, 1.82) is 0 Å². The zero-order chi connectivity index (χ0) is 20.3. The molecule has 0 aliphatic carbocycles. The van der Waals surface area contributed by atoms with Gasteiger partial charge in [0.2, 0.25) is 0 Å². The molecule has 3 rings (SSSR count). The van der Waals surface area contributed by atoms with Crippen molar-refractivity contribution in [3.8, 4) is 11.5 Å². The quantitative estimate of drug-likeness (QED) is 0.529. The van der Waals surface area contributed by atoms with Crippen LogP contribution >= 0.6 is 0 Å². The molecule has 1 saturated heterocycles. The SMILES string of the molecule is C[C@H](OC(=O)/C=C/c1ccc2c(c1)OCCO2)C(=O)N(C)[C@H]1CCS(=O)(=O)C1. The van der Waals surface area contributed by atoms with E-state index in [0.717, 1.165) is 5.56 Å². The molecule has 2 aliphatic heterocycles. The molecule has 0 spiro atoms. The maximum atomic E-state index is 12.4. The molecule has 1 fully saturated rings. The number of rotatable bonds is 5. The van der Waals surface area contributed by atoms with E-state index in [0.29, 0.717) is 31.1 Å². The van der Waals surface area contributed by atoms with Crippen LogP contribution in [0.5, 0.6) is 11.5 Å². The van der Waals surface area contributed by atoms with Crippen LogP contribution in [0.4, 0.5) is 0 Å². The minimum Gasteiger partial charge on any atom is -0.486 e. The van der Waals surface area contributed by atoms with Crippen LogP contribution in [0.15, 0.2) is 24.3 Å². The molecule has 0 saturated carbocycles. The van der Waals surface area contributed by atoms with Crippen LogP contribution < -0.4 is 9.47 Å². The summed E-state index contributed by atoms with van der Waals surface area (Å²) in [6.07, 6.45) is 2.18. The maximum absolute atomic E-state index is 12.4. The summed E-state index contributed by atoms with van der Waals surface area (Å²) in [5, 5.41) is 0. The number of fused-ring (bicyclic) bond motifs is 1. The number of nitrogens with zero attached hydrogens (tertiary/aromatic N) is 1. The maximum Gasteiger partial charge on any atom is 0.331 e. The van der Waals surface area contributed by atoms with Gasteiger partial charge in [0, 0.05) is 19.2 Å². The van der Waals surface area contributed by atoms with E-state index in [1.165, 1.54) is 24.9 Å². The molecular formula is C19H23NO7S. The lowest BCUT2D eigenvalue weighted by molar-refractivity contribution is -0.155. The minimum absolute atomic E-state index is 0.0556. The molecule has 1 amide bonds. The highest BCUT2D eigenvalue weighted by Crippen LogP contribution is 2.31. The topological polar surface area (TPSA) is 99.2 Å². The van der Waals surface area contributed by atoms with Crippen molar-refractivity contribution in [1.82, 2.24) is 4.90 Å². The van der Waals surface area contributed by atoms with Crippen molar-refractivity contribution >= 4 is 27.8 Å². The Morgan fingerprint density at radius 2 is 1.96 bits per heavy atom. The predicted octanol–water partition coefficient (Wildman–Crippen LogP) is 1.05. The number of hydrogen-bond acceptors (Lipinski definition) is 7. The number of sulfone groups is 1. The van der Waals surface area contributed by atoms with Crippen molar-refractivity contribution in [3.05, 3.63) is 29.8 Å². The molecular weight excluding hydrogens is 386 g/mol. The molecule has 2 aliphatic rings. The van der Waals surface area contributed by atoms with E-state index in [9.17, 15) is 18.0 Å². The summed E-state index contributed by atoms with van der Waals surface area (Å²) in [7, 11) is -1.57. The van der Waals surface area contributed by atoms with Crippen LogP contribution in [0.3, 0.4) is 0 Å². The Hall–Kier alpha value is -2.55. The molecule has 0 aromatic heterocycles. The average molecular weight is 409 g/mol. The van der Waals surface area contributed by atoms with Crippen molar-refractivity contribution in [2.75, 3.05) is 31.8 Å². The van der Waals surface area contributed by atoms with Crippen molar-refractivity contribution in [2.45, 2.75) is 25.5 Å². The third-order valence-corrected chi connectivity index (χ3v) is 6.47. The molecule has 0 radical (unpaired) electrons. The normalized spacial score (nSPS) is 21.3. The Bertz CT molecular complexity index is 894. The zero-order valence-electron chi connectivity index (χ0n) is 15.8. The summed E-state index contributed by atoms with van der Waals surface area (Å²) in [6, 6.07) is 4.91. The molecule has 9 heteroatoms. The van der Waals surface area contributed by atoms with Crippen molar-refractivity contribution in [3.63, 3.8) is 0 Å². The van der Waals surface area contributed by atoms with E-state index in [2.05, 4.69) is 0 Å².